The average Bonchev–Trinajstić information content (AvgIpc) is 2.86. The monoisotopic (exact) mass is 440 g/mol. The Balaban J connectivity index is 1.79. The van der Waals surface area contributed by atoms with Crippen LogP contribution in [-0.2, 0) is 8.85 Å². The molecule has 6 heteroatoms. The van der Waals surface area contributed by atoms with Crippen LogP contribution >= 0.6 is 0 Å². The molecule has 5 nitrogen and oxygen atoms in total. The van der Waals surface area contributed by atoms with Gasteiger partial charge in [0.05, 0.1) is 16.3 Å². The molecule has 0 bridgehead atoms. The third kappa shape index (κ3) is 4.93. The third-order valence-corrected chi connectivity index (χ3v) is 7.05. The lowest BCUT2D eigenvalue weighted by Gasteiger charge is -2.28. The molecular formula is C26H20O5Si. The van der Waals surface area contributed by atoms with E-state index in [1.165, 1.54) is 0 Å². The van der Waals surface area contributed by atoms with Crippen LogP contribution in [0.2, 0.25) is 0 Å². The molecule has 4 aromatic carbocycles. The van der Waals surface area contributed by atoms with Gasteiger partial charge in [0, 0.05) is 0 Å². The lowest BCUT2D eigenvalue weighted by molar-refractivity contribution is 0.0490. The molecule has 4 rings (SSSR count). The number of hydrogen-bond acceptors (Lipinski definition) is 5. The number of benzene rings is 4. The van der Waals surface area contributed by atoms with Crippen LogP contribution < -0.4 is 9.61 Å². The molecule has 0 fully saturated rings. The van der Waals surface area contributed by atoms with E-state index in [0.717, 1.165) is 0 Å². The second-order valence-corrected chi connectivity index (χ2v) is 9.15. The molecule has 0 aliphatic heterocycles. The number of para-hydroxylation sites is 1. The molecule has 0 spiro atoms. The zero-order chi connectivity index (χ0) is 22.2. The maximum atomic E-state index is 13.1. The summed E-state index contributed by atoms with van der Waals surface area (Å²) in [6.45, 7) is 0. The quantitative estimate of drug-likeness (QED) is 0.392. The van der Waals surface area contributed by atoms with Gasteiger partial charge in [-0.3, -0.25) is 0 Å². The van der Waals surface area contributed by atoms with Gasteiger partial charge in [0.1, 0.15) is 5.75 Å². The Kier molecular flexibility index (Phi) is 6.43. The fraction of sp³-hybridized carbons (Fsp3) is 0. The van der Waals surface area contributed by atoms with Crippen molar-refractivity contribution in [3.05, 3.63) is 132 Å². The van der Waals surface area contributed by atoms with Crippen LogP contribution in [0.3, 0.4) is 0 Å². The summed E-state index contributed by atoms with van der Waals surface area (Å²) < 4.78 is 18.1. The standard InChI is InChI=1S/C26H20O5Si/c27-25(21-13-5-1-6-14-21)30-32(24-19-11-4-12-20-24,29-23-17-9-3-10-18-23)31-26(28)22-15-7-2-8-16-22/h1-20H. The van der Waals surface area contributed by atoms with E-state index in [1.807, 2.05) is 12.1 Å². The van der Waals surface area contributed by atoms with Gasteiger partial charge < -0.3 is 13.3 Å². The predicted molar refractivity (Wildman–Crippen MR) is 123 cm³/mol. The van der Waals surface area contributed by atoms with Crippen LogP contribution in [0, 0.1) is 0 Å². The molecule has 0 aromatic heterocycles. The first-order valence-corrected chi connectivity index (χ1v) is 11.8. The van der Waals surface area contributed by atoms with Crippen molar-refractivity contribution in [2.45, 2.75) is 0 Å². The van der Waals surface area contributed by atoms with Crippen LogP contribution in [0.1, 0.15) is 20.7 Å². The number of carbonyl (C=O) groups is 2. The minimum absolute atomic E-state index is 0.327. The second kappa shape index (κ2) is 9.76. The molecule has 0 amide bonds. The van der Waals surface area contributed by atoms with E-state index in [1.54, 1.807) is 109 Å². The highest BCUT2D eigenvalue weighted by molar-refractivity contribution is 6.78. The summed E-state index contributed by atoms with van der Waals surface area (Å²) in [6.07, 6.45) is 0. The average molecular weight is 441 g/mol. The van der Waals surface area contributed by atoms with Crippen molar-refractivity contribution in [3.8, 4) is 5.75 Å². The molecule has 0 aliphatic carbocycles. The SMILES string of the molecule is O=C(O[Si](OC(=O)c1ccccc1)(Oc1ccccc1)c1ccccc1)c1ccccc1. The third-order valence-electron chi connectivity index (χ3n) is 4.60. The van der Waals surface area contributed by atoms with Gasteiger partial charge in [-0.25, -0.2) is 9.59 Å². The molecule has 158 valence electrons. The predicted octanol–water partition coefficient (Wildman–Crippen LogP) is 4.63. The minimum Gasteiger partial charge on any atom is -0.480 e. The maximum absolute atomic E-state index is 13.1. The normalized spacial score (nSPS) is 10.8. The van der Waals surface area contributed by atoms with Gasteiger partial charge in [-0.05, 0) is 36.4 Å². The molecule has 0 atom stereocenters. The Morgan fingerprint density at radius 2 is 0.875 bits per heavy atom. The molecule has 0 radical (unpaired) electrons. The Morgan fingerprint density at radius 1 is 0.500 bits per heavy atom. The highest BCUT2D eigenvalue weighted by Gasteiger charge is 2.55. The largest absolute Gasteiger partial charge is 0.741 e. The van der Waals surface area contributed by atoms with Crippen LogP contribution in [0.5, 0.6) is 5.75 Å². The van der Waals surface area contributed by atoms with E-state index >= 15 is 0 Å². The van der Waals surface area contributed by atoms with Gasteiger partial charge in [-0.1, -0.05) is 84.9 Å². The molecule has 0 aliphatic rings. The first kappa shape index (κ1) is 21.1. The van der Waals surface area contributed by atoms with E-state index in [-0.39, 0.29) is 0 Å². The lowest BCUT2D eigenvalue weighted by atomic mass is 10.2. The van der Waals surface area contributed by atoms with Crippen LogP contribution in [0.15, 0.2) is 121 Å². The fourth-order valence-corrected chi connectivity index (χ4v) is 5.29. The van der Waals surface area contributed by atoms with Crippen molar-refractivity contribution >= 4 is 25.9 Å². The first-order valence-electron chi connectivity index (χ1n) is 10.0. The highest BCUT2D eigenvalue weighted by atomic mass is 28.4. The number of carbonyl (C=O) groups excluding carboxylic acids is 2. The van der Waals surface area contributed by atoms with Crippen molar-refractivity contribution in [1.82, 2.24) is 0 Å². The van der Waals surface area contributed by atoms with Crippen LogP contribution in [-0.4, -0.2) is 20.7 Å². The summed E-state index contributed by atoms with van der Waals surface area (Å²) in [7, 11) is -4.10. The Morgan fingerprint density at radius 3 is 1.31 bits per heavy atom. The smallest absolute Gasteiger partial charge is 0.480 e. The van der Waals surface area contributed by atoms with Crippen LogP contribution in [0.4, 0.5) is 0 Å². The van der Waals surface area contributed by atoms with Gasteiger partial charge in [0.2, 0.25) is 0 Å². The van der Waals surface area contributed by atoms with E-state index in [4.69, 9.17) is 13.3 Å². The minimum atomic E-state index is -4.10. The van der Waals surface area contributed by atoms with Crippen molar-refractivity contribution in [2.24, 2.45) is 0 Å². The van der Waals surface area contributed by atoms with E-state index in [0.29, 0.717) is 22.1 Å². The van der Waals surface area contributed by atoms with Crippen LogP contribution in [0.25, 0.3) is 0 Å². The van der Waals surface area contributed by atoms with Gasteiger partial charge in [-0.2, -0.15) is 0 Å². The van der Waals surface area contributed by atoms with Crippen molar-refractivity contribution in [2.75, 3.05) is 0 Å². The topological polar surface area (TPSA) is 61.8 Å². The Labute approximate surface area is 187 Å². The molecule has 0 saturated heterocycles. The lowest BCUT2D eigenvalue weighted by Crippen LogP contribution is -2.61. The summed E-state index contributed by atoms with van der Waals surface area (Å²) in [5, 5.41) is 0.484. The molecule has 0 unspecified atom stereocenters. The van der Waals surface area contributed by atoms with Crippen molar-refractivity contribution in [1.29, 1.82) is 0 Å². The van der Waals surface area contributed by atoms with Crippen molar-refractivity contribution in [3.63, 3.8) is 0 Å². The van der Waals surface area contributed by atoms with Crippen molar-refractivity contribution < 1.29 is 22.9 Å². The second-order valence-electron chi connectivity index (χ2n) is 6.85. The van der Waals surface area contributed by atoms with E-state index in [2.05, 4.69) is 0 Å². The van der Waals surface area contributed by atoms with Gasteiger partial charge in [-0.15, -0.1) is 0 Å². The Hall–Kier alpha value is -4.16. The molecular weight excluding hydrogens is 420 g/mol. The molecule has 0 saturated carbocycles. The number of hydrogen-bond donors (Lipinski definition) is 0. The first-order chi connectivity index (χ1) is 15.7. The van der Waals surface area contributed by atoms with Gasteiger partial charge in [0.25, 0.3) is 0 Å². The Bertz CT molecular complexity index is 1110. The van der Waals surface area contributed by atoms with Gasteiger partial charge >= 0.3 is 20.7 Å². The van der Waals surface area contributed by atoms with Gasteiger partial charge in [0.15, 0.2) is 0 Å². The van der Waals surface area contributed by atoms with E-state index in [9.17, 15) is 9.59 Å². The summed E-state index contributed by atoms with van der Waals surface area (Å²) >= 11 is 0. The zero-order valence-corrected chi connectivity index (χ0v) is 18.1. The molecule has 4 aromatic rings. The summed E-state index contributed by atoms with van der Waals surface area (Å²) in [4.78, 5) is 26.2. The maximum Gasteiger partial charge on any atom is 0.741 e. The summed E-state index contributed by atoms with van der Waals surface area (Å²) in [6, 6.07) is 34.7. The summed E-state index contributed by atoms with van der Waals surface area (Å²) in [5.74, 6) is -0.861. The molecule has 0 N–H and O–H groups in total. The summed E-state index contributed by atoms with van der Waals surface area (Å²) in [5.41, 5.74) is 0.653. The fourth-order valence-electron chi connectivity index (χ4n) is 3.04. The van der Waals surface area contributed by atoms with E-state index < -0.39 is 20.7 Å². The zero-order valence-electron chi connectivity index (χ0n) is 17.1. The molecule has 32 heavy (non-hydrogen) atoms. The highest BCUT2D eigenvalue weighted by Crippen LogP contribution is 2.21. The number of rotatable bonds is 7. The molecule has 0 heterocycles.